The van der Waals surface area contributed by atoms with Crippen LogP contribution in [0.3, 0.4) is 0 Å². The van der Waals surface area contributed by atoms with E-state index in [1.807, 2.05) is 38.1 Å². The van der Waals surface area contributed by atoms with Crippen LogP contribution in [0.25, 0.3) is 11.9 Å². The highest BCUT2D eigenvalue weighted by atomic mass is 16.1. The Bertz CT molecular complexity index is 1030. The van der Waals surface area contributed by atoms with Gasteiger partial charge in [0.05, 0.1) is 17.3 Å². The fraction of sp³-hybridized carbons (Fsp3) is 0.143. The molecule has 27 heavy (non-hydrogen) atoms. The van der Waals surface area contributed by atoms with Crippen LogP contribution in [0.4, 0.5) is 0 Å². The van der Waals surface area contributed by atoms with Crippen molar-refractivity contribution >= 4 is 12.0 Å². The highest BCUT2D eigenvalue weighted by molar-refractivity contribution is 5.92. The number of carbonyl (C=O) groups excluding carboxylic acids is 1. The van der Waals surface area contributed by atoms with Crippen LogP contribution >= 0.6 is 0 Å². The van der Waals surface area contributed by atoms with E-state index in [1.54, 1.807) is 35.2 Å². The minimum Gasteiger partial charge on any atom is -0.348 e. The van der Waals surface area contributed by atoms with E-state index in [9.17, 15) is 4.79 Å². The van der Waals surface area contributed by atoms with Crippen molar-refractivity contribution in [2.24, 2.45) is 0 Å². The van der Waals surface area contributed by atoms with Crippen LogP contribution in [0.5, 0.6) is 0 Å². The van der Waals surface area contributed by atoms with Crippen LogP contribution in [0, 0.1) is 25.2 Å². The maximum Gasteiger partial charge on any atom is 0.244 e. The number of nitrogens with one attached hydrogen (secondary N) is 1. The predicted octanol–water partition coefficient (Wildman–Crippen LogP) is 3.09. The summed E-state index contributed by atoms with van der Waals surface area (Å²) in [4.78, 5) is 16.4. The van der Waals surface area contributed by atoms with Gasteiger partial charge in [-0.2, -0.15) is 10.4 Å². The minimum absolute atomic E-state index is 0.231. The first-order valence-electron chi connectivity index (χ1n) is 8.50. The topological polar surface area (TPSA) is 83.6 Å². The summed E-state index contributed by atoms with van der Waals surface area (Å²) in [6.07, 6.45) is 4.78. The molecule has 2 aromatic heterocycles. The molecule has 0 fully saturated rings. The van der Waals surface area contributed by atoms with Gasteiger partial charge in [-0.3, -0.25) is 4.79 Å². The summed E-state index contributed by atoms with van der Waals surface area (Å²) in [6, 6.07) is 15.0. The molecule has 1 amide bonds. The average molecular weight is 357 g/mol. The van der Waals surface area contributed by atoms with E-state index in [1.165, 1.54) is 6.08 Å². The molecule has 0 saturated heterocycles. The van der Waals surface area contributed by atoms with E-state index in [0.717, 1.165) is 22.8 Å². The number of amides is 1. The van der Waals surface area contributed by atoms with Gasteiger partial charge in [0.25, 0.3) is 0 Å². The zero-order valence-electron chi connectivity index (χ0n) is 15.2. The van der Waals surface area contributed by atoms with Crippen LogP contribution in [0.2, 0.25) is 0 Å². The van der Waals surface area contributed by atoms with Crippen molar-refractivity contribution < 1.29 is 4.79 Å². The number of aryl methyl sites for hydroxylation is 2. The van der Waals surface area contributed by atoms with Crippen molar-refractivity contribution in [1.29, 1.82) is 5.26 Å². The smallest absolute Gasteiger partial charge is 0.244 e. The van der Waals surface area contributed by atoms with E-state index in [2.05, 4.69) is 21.5 Å². The van der Waals surface area contributed by atoms with E-state index < -0.39 is 0 Å². The summed E-state index contributed by atoms with van der Waals surface area (Å²) in [6.45, 7) is 4.29. The molecular weight excluding hydrogens is 338 g/mol. The third-order valence-electron chi connectivity index (χ3n) is 4.00. The maximum atomic E-state index is 12.0. The molecule has 0 aliphatic carbocycles. The molecular formula is C21H19N5O. The predicted molar refractivity (Wildman–Crippen MR) is 103 cm³/mol. The van der Waals surface area contributed by atoms with Gasteiger partial charge < -0.3 is 5.32 Å². The highest BCUT2D eigenvalue weighted by Crippen LogP contribution is 2.11. The fourth-order valence-corrected chi connectivity index (χ4v) is 2.67. The average Bonchev–Trinajstić information content (AvgIpc) is 3.03. The van der Waals surface area contributed by atoms with Crippen molar-refractivity contribution in [3.63, 3.8) is 0 Å². The number of nitriles is 1. The molecule has 3 rings (SSSR count). The normalized spacial score (nSPS) is 10.7. The second-order valence-corrected chi connectivity index (χ2v) is 6.11. The second kappa shape index (κ2) is 8.11. The molecule has 0 atom stereocenters. The van der Waals surface area contributed by atoms with Crippen molar-refractivity contribution in [3.05, 3.63) is 82.8 Å². The summed E-state index contributed by atoms with van der Waals surface area (Å²) in [5.74, 6) is 0.508. The Morgan fingerprint density at radius 2 is 2.07 bits per heavy atom. The van der Waals surface area contributed by atoms with Crippen molar-refractivity contribution in [2.45, 2.75) is 20.4 Å². The highest BCUT2D eigenvalue weighted by Gasteiger charge is 2.05. The number of aromatic nitrogens is 3. The van der Waals surface area contributed by atoms with Crippen molar-refractivity contribution in [1.82, 2.24) is 20.1 Å². The lowest BCUT2D eigenvalue weighted by atomic mass is 10.1. The summed E-state index contributed by atoms with van der Waals surface area (Å²) in [5.41, 5.74) is 4.09. The Morgan fingerprint density at radius 1 is 1.26 bits per heavy atom. The number of hydrogen-bond donors (Lipinski definition) is 1. The molecule has 6 nitrogen and oxygen atoms in total. The van der Waals surface area contributed by atoms with Gasteiger partial charge in [0.2, 0.25) is 5.91 Å². The molecule has 1 N–H and O–H groups in total. The molecule has 0 saturated carbocycles. The number of benzene rings is 1. The van der Waals surface area contributed by atoms with Crippen molar-refractivity contribution in [3.8, 4) is 11.9 Å². The standard InChI is InChI=1S/C21H19N5O/c1-15-11-16(2)26(25-15)20-9-7-17(13-23-20)14-24-21(27)10-8-18-5-3-4-6-19(18)12-22/h3-11,13H,14H2,1-2H3,(H,24,27)/b10-8+. The first-order valence-corrected chi connectivity index (χ1v) is 8.50. The zero-order valence-corrected chi connectivity index (χ0v) is 15.2. The third-order valence-corrected chi connectivity index (χ3v) is 4.00. The summed E-state index contributed by atoms with van der Waals surface area (Å²) >= 11 is 0. The maximum absolute atomic E-state index is 12.0. The van der Waals surface area contributed by atoms with Crippen molar-refractivity contribution in [2.75, 3.05) is 0 Å². The van der Waals surface area contributed by atoms with Gasteiger partial charge in [-0.15, -0.1) is 0 Å². The molecule has 3 aromatic rings. The molecule has 0 aliphatic rings. The van der Waals surface area contributed by atoms with Gasteiger partial charge >= 0.3 is 0 Å². The number of carbonyl (C=O) groups is 1. The molecule has 0 spiro atoms. The van der Waals surface area contributed by atoms with Gasteiger partial charge in [0, 0.05) is 24.5 Å². The lowest BCUT2D eigenvalue weighted by molar-refractivity contribution is -0.116. The van der Waals surface area contributed by atoms with Gasteiger partial charge in [-0.1, -0.05) is 24.3 Å². The molecule has 6 heteroatoms. The lowest BCUT2D eigenvalue weighted by Crippen LogP contribution is -2.20. The zero-order chi connectivity index (χ0) is 19.2. The molecule has 2 heterocycles. The minimum atomic E-state index is -0.231. The largest absolute Gasteiger partial charge is 0.348 e. The third kappa shape index (κ3) is 4.47. The number of hydrogen-bond acceptors (Lipinski definition) is 4. The Balaban J connectivity index is 1.60. The number of nitrogens with zero attached hydrogens (tertiary/aromatic N) is 4. The molecule has 1 aromatic carbocycles. The lowest BCUT2D eigenvalue weighted by Gasteiger charge is -2.06. The van der Waals surface area contributed by atoms with Crippen LogP contribution in [0.1, 0.15) is 28.1 Å². The van der Waals surface area contributed by atoms with Crippen LogP contribution < -0.4 is 5.32 Å². The second-order valence-electron chi connectivity index (χ2n) is 6.11. The quantitative estimate of drug-likeness (QED) is 0.711. The Labute approximate surface area is 157 Å². The van der Waals surface area contributed by atoms with Gasteiger partial charge in [0.1, 0.15) is 0 Å². The summed E-state index contributed by atoms with van der Waals surface area (Å²) in [7, 11) is 0. The van der Waals surface area contributed by atoms with Gasteiger partial charge in [0.15, 0.2) is 5.82 Å². The molecule has 0 bridgehead atoms. The first-order chi connectivity index (χ1) is 13.1. The van der Waals surface area contributed by atoms with Crippen LogP contribution in [0.15, 0.2) is 54.7 Å². The molecule has 0 unspecified atom stereocenters. The van der Waals surface area contributed by atoms with Gasteiger partial charge in [-0.05, 0) is 49.2 Å². The fourth-order valence-electron chi connectivity index (χ4n) is 2.67. The van der Waals surface area contributed by atoms with Crippen LogP contribution in [-0.2, 0) is 11.3 Å². The first kappa shape index (κ1) is 18.1. The summed E-state index contributed by atoms with van der Waals surface area (Å²) < 4.78 is 1.78. The van der Waals surface area contributed by atoms with E-state index in [-0.39, 0.29) is 5.91 Å². The van der Waals surface area contributed by atoms with E-state index in [0.29, 0.717) is 17.7 Å². The van der Waals surface area contributed by atoms with E-state index >= 15 is 0 Å². The van der Waals surface area contributed by atoms with E-state index in [4.69, 9.17) is 5.26 Å². The monoisotopic (exact) mass is 357 g/mol. The molecule has 134 valence electrons. The van der Waals surface area contributed by atoms with Crippen LogP contribution in [-0.4, -0.2) is 20.7 Å². The Morgan fingerprint density at radius 3 is 2.74 bits per heavy atom. The van der Waals surface area contributed by atoms with Gasteiger partial charge in [-0.25, -0.2) is 9.67 Å². The summed E-state index contributed by atoms with van der Waals surface area (Å²) in [5, 5.41) is 16.3. The molecule has 0 aliphatic heterocycles. The Kier molecular flexibility index (Phi) is 5.43. The number of rotatable bonds is 5. The number of pyridine rings is 1. The Hall–Kier alpha value is -3.72. The SMILES string of the molecule is Cc1cc(C)n(-c2ccc(CNC(=O)/C=C/c3ccccc3C#N)cn2)n1. The molecule has 0 radical (unpaired) electrons.